The third-order valence-electron chi connectivity index (χ3n) is 6.76. The molecule has 1 N–H and O–H groups in total. The lowest BCUT2D eigenvalue weighted by Gasteiger charge is -2.31. The van der Waals surface area contributed by atoms with Gasteiger partial charge in [0.05, 0.1) is 10.9 Å². The minimum absolute atomic E-state index is 0.0114. The summed E-state index contributed by atoms with van der Waals surface area (Å²) >= 11 is 1.69. The molecule has 1 fully saturated rings. The van der Waals surface area contributed by atoms with Crippen molar-refractivity contribution in [2.24, 2.45) is 5.92 Å². The summed E-state index contributed by atoms with van der Waals surface area (Å²) in [6.45, 7) is 2.75. The van der Waals surface area contributed by atoms with Crippen LogP contribution in [0, 0.1) is 5.92 Å². The molecule has 1 aliphatic heterocycles. The third-order valence-corrected chi connectivity index (χ3v) is 9.40. The molecular weight excluding hydrogens is 440 g/mol. The number of fused-ring (bicyclic) bond motifs is 1. The van der Waals surface area contributed by atoms with Gasteiger partial charge in [-0.25, -0.2) is 8.42 Å². The molecule has 2 aromatic rings. The van der Waals surface area contributed by atoms with E-state index in [1.54, 1.807) is 22.1 Å². The second kappa shape index (κ2) is 9.98. The molecule has 1 amide bonds. The number of benzene rings is 2. The molecule has 2 aliphatic rings. The maximum absolute atomic E-state index is 13.2. The van der Waals surface area contributed by atoms with Gasteiger partial charge in [-0.15, -0.1) is 11.8 Å². The Hall–Kier alpha value is -1.83. The maximum Gasteiger partial charge on any atom is 0.243 e. The van der Waals surface area contributed by atoms with Crippen molar-refractivity contribution in [2.75, 3.05) is 19.3 Å². The molecular formula is C25H32N2O3S2. The van der Waals surface area contributed by atoms with Gasteiger partial charge in [-0.2, -0.15) is 4.31 Å². The number of rotatable bonds is 6. The van der Waals surface area contributed by atoms with Crippen LogP contribution in [0.4, 0.5) is 0 Å². The van der Waals surface area contributed by atoms with E-state index in [1.165, 1.54) is 22.4 Å². The number of thioether (sulfide) groups is 1. The van der Waals surface area contributed by atoms with Crippen LogP contribution >= 0.6 is 11.8 Å². The number of hydrogen-bond acceptors (Lipinski definition) is 4. The van der Waals surface area contributed by atoms with Crippen LogP contribution < -0.4 is 5.32 Å². The Labute approximate surface area is 196 Å². The summed E-state index contributed by atoms with van der Waals surface area (Å²) in [7, 11) is -3.52. The lowest BCUT2D eigenvalue weighted by molar-refractivity contribution is -0.126. The quantitative estimate of drug-likeness (QED) is 0.626. The summed E-state index contributed by atoms with van der Waals surface area (Å²) in [5, 5.41) is 3.11. The van der Waals surface area contributed by atoms with E-state index >= 15 is 0 Å². The maximum atomic E-state index is 13.2. The van der Waals surface area contributed by atoms with E-state index in [0.29, 0.717) is 30.8 Å². The lowest BCUT2D eigenvalue weighted by Crippen LogP contribution is -2.43. The predicted molar refractivity (Wildman–Crippen MR) is 129 cm³/mol. The van der Waals surface area contributed by atoms with E-state index in [1.807, 2.05) is 37.4 Å². The summed E-state index contributed by atoms with van der Waals surface area (Å²) in [5.74, 6) is -0.143. The van der Waals surface area contributed by atoms with Gasteiger partial charge in [-0.3, -0.25) is 4.79 Å². The molecule has 4 rings (SSSR count). The monoisotopic (exact) mass is 472 g/mol. The van der Waals surface area contributed by atoms with Crippen molar-refractivity contribution >= 4 is 27.7 Å². The van der Waals surface area contributed by atoms with Crippen LogP contribution in [0.25, 0.3) is 0 Å². The van der Waals surface area contributed by atoms with Crippen molar-refractivity contribution in [3.63, 3.8) is 0 Å². The highest BCUT2D eigenvalue weighted by Gasteiger charge is 2.33. The van der Waals surface area contributed by atoms with Gasteiger partial charge in [0.2, 0.25) is 15.9 Å². The molecule has 0 bridgehead atoms. The van der Waals surface area contributed by atoms with Gasteiger partial charge in [0.15, 0.2) is 0 Å². The topological polar surface area (TPSA) is 66.5 Å². The molecule has 0 aromatic heterocycles. The van der Waals surface area contributed by atoms with Crippen LogP contribution in [-0.4, -0.2) is 38.0 Å². The first-order chi connectivity index (χ1) is 15.4. The zero-order chi connectivity index (χ0) is 22.7. The molecule has 172 valence electrons. The summed E-state index contributed by atoms with van der Waals surface area (Å²) in [6, 6.07) is 13.7. The SMILES string of the molecule is CSc1ccc(C(C)NC(=O)C2CCN(S(=O)(=O)c3ccc4c(c3)CCCC4)CC2)cc1. The van der Waals surface area contributed by atoms with E-state index in [0.717, 1.165) is 24.8 Å². The summed E-state index contributed by atoms with van der Waals surface area (Å²) in [5.41, 5.74) is 3.53. The van der Waals surface area contributed by atoms with Gasteiger partial charge in [-0.05, 0) is 92.7 Å². The number of piperidine rings is 1. The second-order valence-corrected chi connectivity index (χ2v) is 11.6. The first-order valence-electron chi connectivity index (χ1n) is 11.4. The van der Waals surface area contributed by atoms with Gasteiger partial charge < -0.3 is 5.32 Å². The normalized spacial score (nSPS) is 18.7. The molecule has 5 nitrogen and oxygen atoms in total. The number of amides is 1. The Morgan fingerprint density at radius 1 is 1.03 bits per heavy atom. The highest BCUT2D eigenvalue weighted by Crippen LogP contribution is 2.28. The number of aryl methyl sites for hydroxylation is 2. The summed E-state index contributed by atoms with van der Waals surface area (Å²) in [6.07, 6.45) is 7.43. The number of carbonyl (C=O) groups excluding carboxylic acids is 1. The molecule has 2 aromatic carbocycles. The van der Waals surface area contributed by atoms with Gasteiger partial charge in [-0.1, -0.05) is 18.2 Å². The van der Waals surface area contributed by atoms with Crippen molar-refractivity contribution in [3.8, 4) is 0 Å². The molecule has 0 saturated carbocycles. The molecule has 1 unspecified atom stereocenters. The molecule has 1 saturated heterocycles. The van der Waals surface area contributed by atoms with Crippen LogP contribution in [-0.2, 0) is 27.7 Å². The smallest absolute Gasteiger partial charge is 0.243 e. The van der Waals surface area contributed by atoms with Gasteiger partial charge in [0.1, 0.15) is 0 Å². The first-order valence-corrected chi connectivity index (χ1v) is 14.1. The van der Waals surface area contributed by atoms with E-state index in [-0.39, 0.29) is 17.9 Å². The van der Waals surface area contributed by atoms with Crippen LogP contribution in [0.5, 0.6) is 0 Å². The van der Waals surface area contributed by atoms with Crippen molar-refractivity contribution < 1.29 is 13.2 Å². The molecule has 7 heteroatoms. The van der Waals surface area contributed by atoms with Crippen molar-refractivity contribution in [1.82, 2.24) is 9.62 Å². The lowest BCUT2D eigenvalue weighted by atomic mass is 9.92. The summed E-state index contributed by atoms with van der Waals surface area (Å²) in [4.78, 5) is 14.4. The molecule has 1 heterocycles. The van der Waals surface area contributed by atoms with Gasteiger partial charge >= 0.3 is 0 Å². The fourth-order valence-corrected chi connectivity index (χ4v) is 6.61. The predicted octanol–water partition coefficient (Wildman–Crippen LogP) is 4.57. The van der Waals surface area contributed by atoms with E-state index < -0.39 is 10.0 Å². The standard InChI is InChI=1S/C25H32N2O3S2/c1-18(19-7-10-23(31-2)11-8-19)26-25(28)21-13-15-27(16-14-21)32(29,30)24-12-9-20-5-3-4-6-22(20)17-24/h7-12,17-18,21H,3-6,13-16H2,1-2H3,(H,26,28). The first kappa shape index (κ1) is 23.3. The van der Waals surface area contributed by atoms with Crippen LogP contribution in [0.1, 0.15) is 55.3 Å². The largest absolute Gasteiger partial charge is 0.349 e. The minimum Gasteiger partial charge on any atom is -0.349 e. The zero-order valence-electron chi connectivity index (χ0n) is 18.8. The number of nitrogens with one attached hydrogen (secondary N) is 1. The third kappa shape index (κ3) is 5.05. The van der Waals surface area contributed by atoms with Crippen molar-refractivity contribution in [1.29, 1.82) is 0 Å². The van der Waals surface area contributed by atoms with Gasteiger partial charge in [0, 0.05) is 23.9 Å². The number of carbonyl (C=O) groups is 1. The molecule has 1 atom stereocenters. The molecule has 0 radical (unpaired) electrons. The molecule has 1 aliphatic carbocycles. The highest BCUT2D eigenvalue weighted by atomic mass is 32.2. The van der Waals surface area contributed by atoms with Gasteiger partial charge in [0.25, 0.3) is 0 Å². The second-order valence-electron chi connectivity index (χ2n) is 8.82. The Balaban J connectivity index is 1.35. The number of sulfonamides is 1. The Morgan fingerprint density at radius 2 is 1.69 bits per heavy atom. The number of nitrogens with zero attached hydrogens (tertiary/aromatic N) is 1. The fourth-order valence-electron chi connectivity index (χ4n) is 4.68. The van der Waals surface area contributed by atoms with Crippen molar-refractivity contribution in [3.05, 3.63) is 59.2 Å². The zero-order valence-corrected chi connectivity index (χ0v) is 20.5. The van der Waals surface area contributed by atoms with E-state index in [4.69, 9.17) is 0 Å². The van der Waals surface area contributed by atoms with Crippen LogP contribution in [0.2, 0.25) is 0 Å². The van der Waals surface area contributed by atoms with E-state index in [2.05, 4.69) is 17.4 Å². The average Bonchev–Trinajstić information content (AvgIpc) is 2.83. The minimum atomic E-state index is -3.52. The Morgan fingerprint density at radius 3 is 2.34 bits per heavy atom. The summed E-state index contributed by atoms with van der Waals surface area (Å²) < 4.78 is 27.9. The highest BCUT2D eigenvalue weighted by molar-refractivity contribution is 7.98. The Bertz CT molecular complexity index is 1060. The van der Waals surface area contributed by atoms with Crippen LogP contribution in [0.15, 0.2) is 52.3 Å². The van der Waals surface area contributed by atoms with E-state index in [9.17, 15) is 13.2 Å². The molecule has 32 heavy (non-hydrogen) atoms. The fraction of sp³-hybridized carbons (Fsp3) is 0.480. The number of hydrogen-bond donors (Lipinski definition) is 1. The Kier molecular flexibility index (Phi) is 7.27. The van der Waals surface area contributed by atoms with Crippen LogP contribution in [0.3, 0.4) is 0 Å². The molecule has 0 spiro atoms. The van der Waals surface area contributed by atoms with Crippen molar-refractivity contribution in [2.45, 2.75) is 61.3 Å². The average molecular weight is 473 g/mol.